The fourth-order valence-electron chi connectivity index (χ4n) is 4.17. The average molecular weight is 516 g/mol. The summed E-state index contributed by atoms with van der Waals surface area (Å²) in [5.74, 6) is -0.711. The fourth-order valence-corrected chi connectivity index (χ4v) is 4.17. The lowest BCUT2D eigenvalue weighted by Crippen LogP contribution is -2.52. The summed E-state index contributed by atoms with van der Waals surface area (Å²) in [7, 11) is 1.59. The van der Waals surface area contributed by atoms with Crippen LogP contribution in [0, 0.1) is 6.92 Å². The second-order valence-electron chi connectivity index (χ2n) is 10.3. The van der Waals surface area contributed by atoms with E-state index in [1.807, 2.05) is 91.9 Å². The SMILES string of the molecule is Cc1ccccc1C(C(=O)NCc1ccccc1)N(C)C(=O)C(Cc1ccccc1)NC(=O)OC(C)(C)C. The van der Waals surface area contributed by atoms with Crippen molar-refractivity contribution in [2.24, 2.45) is 0 Å². The minimum absolute atomic E-state index is 0.245. The van der Waals surface area contributed by atoms with Gasteiger partial charge in [0, 0.05) is 20.0 Å². The molecule has 0 heterocycles. The van der Waals surface area contributed by atoms with Gasteiger partial charge in [-0.2, -0.15) is 0 Å². The minimum Gasteiger partial charge on any atom is -0.444 e. The van der Waals surface area contributed by atoms with Crippen molar-refractivity contribution in [2.45, 2.75) is 58.3 Å². The first kappa shape index (κ1) is 28.4. The number of carbonyl (C=O) groups is 3. The van der Waals surface area contributed by atoms with Crippen molar-refractivity contribution in [1.82, 2.24) is 15.5 Å². The smallest absolute Gasteiger partial charge is 0.408 e. The lowest BCUT2D eigenvalue weighted by atomic mass is 9.97. The molecule has 0 aliphatic rings. The number of rotatable bonds is 9. The maximum absolute atomic E-state index is 13.9. The normalized spacial score (nSPS) is 12.7. The molecule has 38 heavy (non-hydrogen) atoms. The van der Waals surface area contributed by atoms with Crippen molar-refractivity contribution in [3.05, 3.63) is 107 Å². The Labute approximate surface area is 225 Å². The van der Waals surface area contributed by atoms with Crippen molar-refractivity contribution in [2.75, 3.05) is 7.05 Å². The molecule has 3 amide bonds. The summed E-state index contributed by atoms with van der Waals surface area (Å²) in [4.78, 5) is 41.6. The summed E-state index contributed by atoms with van der Waals surface area (Å²) in [6.45, 7) is 7.52. The Bertz CT molecular complexity index is 1220. The van der Waals surface area contributed by atoms with Crippen LogP contribution in [0.15, 0.2) is 84.9 Å². The molecule has 7 nitrogen and oxygen atoms in total. The van der Waals surface area contributed by atoms with Crippen molar-refractivity contribution in [3.8, 4) is 0 Å². The van der Waals surface area contributed by atoms with Crippen LogP contribution in [-0.2, 0) is 27.3 Å². The van der Waals surface area contributed by atoms with Gasteiger partial charge in [0.05, 0.1) is 0 Å². The molecule has 0 radical (unpaired) electrons. The molecule has 0 saturated heterocycles. The molecule has 0 fully saturated rings. The number of alkyl carbamates (subject to hydrolysis) is 1. The second-order valence-corrected chi connectivity index (χ2v) is 10.3. The first-order valence-electron chi connectivity index (χ1n) is 12.7. The molecule has 3 aromatic carbocycles. The molecule has 2 atom stereocenters. The van der Waals surface area contributed by atoms with Gasteiger partial charge in [-0.05, 0) is 49.9 Å². The number of ether oxygens (including phenoxy) is 1. The molecule has 3 aromatic rings. The lowest BCUT2D eigenvalue weighted by Gasteiger charge is -2.32. The van der Waals surface area contributed by atoms with Gasteiger partial charge in [-0.15, -0.1) is 0 Å². The molecular formula is C31H37N3O4. The van der Waals surface area contributed by atoms with Crippen molar-refractivity contribution < 1.29 is 19.1 Å². The average Bonchev–Trinajstić information content (AvgIpc) is 2.88. The van der Waals surface area contributed by atoms with Gasteiger partial charge >= 0.3 is 6.09 Å². The Balaban J connectivity index is 1.90. The van der Waals surface area contributed by atoms with Crippen LogP contribution in [0.25, 0.3) is 0 Å². The summed E-state index contributed by atoms with van der Waals surface area (Å²) in [6, 6.07) is 24.7. The molecule has 0 aliphatic carbocycles. The third kappa shape index (κ3) is 8.20. The first-order chi connectivity index (χ1) is 18.0. The summed E-state index contributed by atoms with van der Waals surface area (Å²) in [6.07, 6.45) is -0.448. The predicted molar refractivity (Wildman–Crippen MR) is 148 cm³/mol. The Kier molecular flexibility index (Phi) is 9.66. The Morgan fingerprint density at radius 3 is 1.97 bits per heavy atom. The predicted octanol–water partition coefficient (Wildman–Crippen LogP) is 4.95. The van der Waals surface area contributed by atoms with Crippen LogP contribution >= 0.6 is 0 Å². The van der Waals surface area contributed by atoms with E-state index in [0.717, 1.165) is 16.7 Å². The topological polar surface area (TPSA) is 87.7 Å². The molecule has 200 valence electrons. The van der Waals surface area contributed by atoms with E-state index in [2.05, 4.69) is 10.6 Å². The van der Waals surface area contributed by atoms with Crippen molar-refractivity contribution >= 4 is 17.9 Å². The van der Waals surface area contributed by atoms with Crippen molar-refractivity contribution in [1.29, 1.82) is 0 Å². The second kappa shape index (κ2) is 12.9. The van der Waals surface area contributed by atoms with Crippen LogP contribution in [-0.4, -0.2) is 41.5 Å². The third-order valence-electron chi connectivity index (χ3n) is 6.05. The minimum atomic E-state index is -0.939. The first-order valence-corrected chi connectivity index (χ1v) is 12.7. The largest absolute Gasteiger partial charge is 0.444 e. The van der Waals surface area contributed by atoms with Crippen LogP contribution in [0.4, 0.5) is 4.79 Å². The fraction of sp³-hybridized carbons (Fsp3) is 0.323. The number of hydrogen-bond acceptors (Lipinski definition) is 4. The van der Waals surface area contributed by atoms with E-state index < -0.39 is 29.7 Å². The van der Waals surface area contributed by atoms with E-state index in [-0.39, 0.29) is 12.3 Å². The van der Waals surface area contributed by atoms with Gasteiger partial charge in [0.25, 0.3) is 0 Å². The zero-order valence-electron chi connectivity index (χ0n) is 22.7. The zero-order chi connectivity index (χ0) is 27.7. The summed E-state index contributed by atoms with van der Waals surface area (Å²) >= 11 is 0. The summed E-state index contributed by atoms with van der Waals surface area (Å²) in [5.41, 5.74) is 2.69. The Morgan fingerprint density at radius 2 is 1.39 bits per heavy atom. The van der Waals surface area contributed by atoms with Gasteiger partial charge in [0.15, 0.2) is 0 Å². The molecule has 0 saturated carbocycles. The number of nitrogens with zero attached hydrogens (tertiary/aromatic N) is 1. The number of hydrogen-bond donors (Lipinski definition) is 2. The van der Waals surface area contributed by atoms with Crippen LogP contribution in [0.3, 0.4) is 0 Å². The number of likely N-dealkylation sites (N-methyl/N-ethyl adjacent to an activating group) is 1. The number of nitrogens with one attached hydrogen (secondary N) is 2. The quantitative estimate of drug-likeness (QED) is 0.422. The van der Waals surface area contributed by atoms with E-state index in [0.29, 0.717) is 12.1 Å². The van der Waals surface area contributed by atoms with Gasteiger partial charge in [0.2, 0.25) is 11.8 Å². The van der Waals surface area contributed by atoms with Gasteiger partial charge in [-0.1, -0.05) is 84.9 Å². The lowest BCUT2D eigenvalue weighted by molar-refractivity contribution is -0.140. The summed E-state index contributed by atoms with van der Waals surface area (Å²) < 4.78 is 5.43. The number of amides is 3. The maximum atomic E-state index is 13.9. The highest BCUT2D eigenvalue weighted by atomic mass is 16.6. The summed E-state index contributed by atoms with van der Waals surface area (Å²) in [5, 5.41) is 5.71. The highest BCUT2D eigenvalue weighted by Gasteiger charge is 2.34. The van der Waals surface area contributed by atoms with E-state index in [1.165, 1.54) is 4.90 Å². The Hall–Kier alpha value is -4.13. The van der Waals surface area contributed by atoms with E-state index >= 15 is 0 Å². The third-order valence-corrected chi connectivity index (χ3v) is 6.05. The zero-order valence-corrected chi connectivity index (χ0v) is 22.7. The van der Waals surface area contributed by atoms with E-state index in [9.17, 15) is 14.4 Å². The molecule has 0 aromatic heterocycles. The molecule has 0 aliphatic heterocycles. The molecule has 3 rings (SSSR count). The molecule has 0 bridgehead atoms. The van der Waals surface area contributed by atoms with Crippen LogP contribution in [0.1, 0.15) is 49.1 Å². The molecule has 2 N–H and O–H groups in total. The van der Waals surface area contributed by atoms with Gasteiger partial charge in [-0.25, -0.2) is 4.79 Å². The van der Waals surface area contributed by atoms with Crippen LogP contribution < -0.4 is 10.6 Å². The van der Waals surface area contributed by atoms with Gasteiger partial charge < -0.3 is 20.3 Å². The standard InChI is InChI=1S/C31H37N3O4/c1-22-14-12-13-19-25(22)27(28(35)32-21-24-17-10-7-11-18-24)34(5)29(36)26(20-23-15-8-6-9-16-23)33-30(37)38-31(2,3)4/h6-19,26-27H,20-21H2,1-5H3,(H,32,35)(H,33,37). The Morgan fingerprint density at radius 1 is 0.842 bits per heavy atom. The number of benzene rings is 3. The molecular weight excluding hydrogens is 478 g/mol. The highest BCUT2D eigenvalue weighted by Crippen LogP contribution is 2.25. The van der Waals surface area contributed by atoms with Gasteiger partial charge in [-0.3, -0.25) is 9.59 Å². The van der Waals surface area contributed by atoms with Crippen LogP contribution in [0.5, 0.6) is 0 Å². The number of carbonyl (C=O) groups excluding carboxylic acids is 3. The molecule has 2 unspecified atom stereocenters. The van der Waals surface area contributed by atoms with Crippen LogP contribution in [0.2, 0.25) is 0 Å². The highest BCUT2D eigenvalue weighted by molar-refractivity contribution is 5.92. The monoisotopic (exact) mass is 515 g/mol. The van der Waals surface area contributed by atoms with E-state index in [1.54, 1.807) is 27.8 Å². The molecule has 7 heteroatoms. The van der Waals surface area contributed by atoms with Gasteiger partial charge in [0.1, 0.15) is 17.7 Å². The number of aryl methyl sites for hydroxylation is 1. The van der Waals surface area contributed by atoms with E-state index in [4.69, 9.17) is 4.74 Å². The molecule has 0 spiro atoms. The van der Waals surface area contributed by atoms with Crippen molar-refractivity contribution in [3.63, 3.8) is 0 Å². The maximum Gasteiger partial charge on any atom is 0.408 e.